The van der Waals surface area contributed by atoms with Crippen LogP contribution in [0.1, 0.15) is 16.1 Å². The molecule has 1 aromatic heterocycles. The zero-order valence-corrected chi connectivity index (χ0v) is 14.0. The standard InChI is InChI=1S/C18H14ClFN4O/c1-11-10-12(19)2-7-15(11)23-18-21-9-8-16(24-18)17(25)22-14-5-3-13(20)4-6-14/h2-10H,1H3,(H,22,25)(H,21,23,24). The normalized spacial score (nSPS) is 10.4. The van der Waals surface area contributed by atoms with Crippen molar-refractivity contribution in [3.05, 3.63) is 76.8 Å². The van der Waals surface area contributed by atoms with Crippen molar-refractivity contribution < 1.29 is 9.18 Å². The quantitative estimate of drug-likeness (QED) is 0.718. The van der Waals surface area contributed by atoms with E-state index in [9.17, 15) is 9.18 Å². The van der Waals surface area contributed by atoms with Gasteiger partial charge in [0.1, 0.15) is 11.5 Å². The van der Waals surface area contributed by atoms with E-state index in [1.54, 1.807) is 6.07 Å². The average molecular weight is 357 g/mol. The number of carbonyl (C=O) groups excluding carboxylic acids is 1. The van der Waals surface area contributed by atoms with Gasteiger partial charge in [-0.1, -0.05) is 11.6 Å². The molecule has 5 nitrogen and oxygen atoms in total. The van der Waals surface area contributed by atoms with E-state index in [1.807, 2.05) is 19.1 Å². The van der Waals surface area contributed by atoms with Crippen molar-refractivity contribution in [3.8, 4) is 0 Å². The van der Waals surface area contributed by atoms with E-state index in [4.69, 9.17) is 11.6 Å². The van der Waals surface area contributed by atoms with E-state index in [-0.39, 0.29) is 17.5 Å². The molecular formula is C18H14ClFN4O. The minimum atomic E-state index is -0.412. The largest absolute Gasteiger partial charge is 0.324 e. The Morgan fingerprint density at radius 2 is 1.88 bits per heavy atom. The lowest BCUT2D eigenvalue weighted by molar-refractivity contribution is 0.102. The third-order valence-electron chi connectivity index (χ3n) is 3.43. The second-order valence-electron chi connectivity index (χ2n) is 5.31. The maximum atomic E-state index is 12.9. The van der Waals surface area contributed by atoms with Crippen LogP contribution in [0.2, 0.25) is 5.02 Å². The zero-order chi connectivity index (χ0) is 17.8. The SMILES string of the molecule is Cc1cc(Cl)ccc1Nc1nccc(C(=O)Nc2ccc(F)cc2)n1. The maximum Gasteiger partial charge on any atom is 0.274 e. The molecule has 0 spiro atoms. The van der Waals surface area contributed by atoms with E-state index in [0.29, 0.717) is 10.7 Å². The van der Waals surface area contributed by atoms with Crippen molar-refractivity contribution in [1.29, 1.82) is 0 Å². The summed E-state index contributed by atoms with van der Waals surface area (Å²) >= 11 is 5.94. The van der Waals surface area contributed by atoms with E-state index in [0.717, 1.165) is 11.3 Å². The summed E-state index contributed by atoms with van der Waals surface area (Å²) < 4.78 is 12.9. The van der Waals surface area contributed by atoms with Crippen LogP contribution in [0.5, 0.6) is 0 Å². The highest BCUT2D eigenvalue weighted by atomic mass is 35.5. The highest BCUT2D eigenvalue weighted by Crippen LogP contribution is 2.22. The first kappa shape index (κ1) is 16.9. The van der Waals surface area contributed by atoms with Gasteiger partial charge < -0.3 is 10.6 Å². The van der Waals surface area contributed by atoms with Crippen LogP contribution in [-0.4, -0.2) is 15.9 Å². The van der Waals surface area contributed by atoms with Gasteiger partial charge in [0.15, 0.2) is 0 Å². The molecule has 0 aliphatic rings. The van der Waals surface area contributed by atoms with Crippen LogP contribution < -0.4 is 10.6 Å². The molecule has 1 amide bonds. The second kappa shape index (κ2) is 7.27. The third-order valence-corrected chi connectivity index (χ3v) is 3.66. The van der Waals surface area contributed by atoms with Crippen LogP contribution in [0.4, 0.5) is 21.7 Å². The molecule has 7 heteroatoms. The second-order valence-corrected chi connectivity index (χ2v) is 5.75. The summed E-state index contributed by atoms with van der Waals surface area (Å²) in [6.45, 7) is 1.90. The minimum Gasteiger partial charge on any atom is -0.324 e. The van der Waals surface area contributed by atoms with E-state index < -0.39 is 5.91 Å². The fraction of sp³-hybridized carbons (Fsp3) is 0.0556. The Hall–Kier alpha value is -2.99. The fourth-order valence-electron chi connectivity index (χ4n) is 2.16. The molecule has 0 saturated heterocycles. The number of nitrogens with one attached hydrogen (secondary N) is 2. The molecule has 0 fully saturated rings. The Kier molecular flexibility index (Phi) is 4.90. The van der Waals surface area contributed by atoms with Gasteiger partial charge in [0, 0.05) is 22.6 Å². The number of hydrogen-bond donors (Lipinski definition) is 2. The molecule has 1 heterocycles. The predicted octanol–water partition coefficient (Wildman–Crippen LogP) is 4.57. The number of nitrogens with zero attached hydrogens (tertiary/aromatic N) is 2. The minimum absolute atomic E-state index is 0.188. The molecule has 0 bridgehead atoms. The Balaban J connectivity index is 1.76. The van der Waals surface area contributed by atoms with Gasteiger partial charge in [-0.05, 0) is 61.0 Å². The Morgan fingerprint density at radius 1 is 1.12 bits per heavy atom. The van der Waals surface area contributed by atoms with Crippen LogP contribution in [0, 0.1) is 12.7 Å². The van der Waals surface area contributed by atoms with E-state index in [2.05, 4.69) is 20.6 Å². The number of hydrogen-bond acceptors (Lipinski definition) is 4. The first-order valence-electron chi connectivity index (χ1n) is 7.44. The molecule has 0 unspecified atom stereocenters. The molecule has 25 heavy (non-hydrogen) atoms. The van der Waals surface area contributed by atoms with Gasteiger partial charge in [0.05, 0.1) is 0 Å². The highest BCUT2D eigenvalue weighted by molar-refractivity contribution is 6.30. The molecule has 0 aliphatic heterocycles. The van der Waals surface area contributed by atoms with Gasteiger partial charge in [-0.25, -0.2) is 14.4 Å². The molecule has 0 aliphatic carbocycles. The summed E-state index contributed by atoms with van der Waals surface area (Å²) in [5, 5.41) is 6.35. The van der Waals surface area contributed by atoms with Crippen LogP contribution in [0.3, 0.4) is 0 Å². The molecule has 3 rings (SSSR count). The summed E-state index contributed by atoms with van der Waals surface area (Å²) in [5.74, 6) is -0.494. The summed E-state index contributed by atoms with van der Waals surface area (Å²) in [6.07, 6.45) is 1.49. The summed E-state index contributed by atoms with van der Waals surface area (Å²) in [6, 6.07) is 12.4. The van der Waals surface area contributed by atoms with Crippen LogP contribution in [0.15, 0.2) is 54.7 Å². The van der Waals surface area contributed by atoms with Crippen molar-refractivity contribution in [2.45, 2.75) is 6.92 Å². The summed E-state index contributed by atoms with van der Waals surface area (Å²) in [4.78, 5) is 20.6. The number of aryl methyl sites for hydroxylation is 1. The van der Waals surface area contributed by atoms with Gasteiger partial charge in [-0.2, -0.15) is 0 Å². The number of halogens is 2. The van der Waals surface area contributed by atoms with E-state index >= 15 is 0 Å². The number of benzene rings is 2. The third kappa shape index (κ3) is 4.30. The Morgan fingerprint density at radius 3 is 2.60 bits per heavy atom. The van der Waals surface area contributed by atoms with Crippen molar-refractivity contribution in [2.24, 2.45) is 0 Å². The van der Waals surface area contributed by atoms with Gasteiger partial charge in [0.25, 0.3) is 5.91 Å². The topological polar surface area (TPSA) is 66.9 Å². The molecule has 2 N–H and O–H groups in total. The van der Waals surface area contributed by atoms with Crippen molar-refractivity contribution in [3.63, 3.8) is 0 Å². The smallest absolute Gasteiger partial charge is 0.274 e. The number of aromatic nitrogens is 2. The van der Waals surface area contributed by atoms with E-state index in [1.165, 1.54) is 36.5 Å². The van der Waals surface area contributed by atoms with Crippen molar-refractivity contribution in [1.82, 2.24) is 9.97 Å². The van der Waals surface area contributed by atoms with Crippen LogP contribution >= 0.6 is 11.6 Å². The lowest BCUT2D eigenvalue weighted by Crippen LogP contribution is -2.14. The van der Waals surface area contributed by atoms with Gasteiger partial charge in [0.2, 0.25) is 5.95 Å². The van der Waals surface area contributed by atoms with Crippen LogP contribution in [0.25, 0.3) is 0 Å². The van der Waals surface area contributed by atoms with Gasteiger partial charge in [-0.15, -0.1) is 0 Å². The number of carbonyl (C=O) groups is 1. The average Bonchev–Trinajstić information content (AvgIpc) is 2.60. The summed E-state index contributed by atoms with van der Waals surface area (Å²) in [7, 11) is 0. The zero-order valence-electron chi connectivity index (χ0n) is 13.3. The molecular weight excluding hydrogens is 343 g/mol. The highest BCUT2D eigenvalue weighted by Gasteiger charge is 2.10. The fourth-order valence-corrected chi connectivity index (χ4v) is 2.39. The first-order valence-corrected chi connectivity index (χ1v) is 7.82. The Bertz CT molecular complexity index is 915. The van der Waals surface area contributed by atoms with Crippen LogP contribution in [-0.2, 0) is 0 Å². The number of anilines is 3. The molecule has 0 radical (unpaired) electrons. The van der Waals surface area contributed by atoms with Gasteiger partial charge in [-0.3, -0.25) is 4.79 Å². The number of amides is 1. The van der Waals surface area contributed by atoms with Crippen molar-refractivity contribution in [2.75, 3.05) is 10.6 Å². The van der Waals surface area contributed by atoms with Gasteiger partial charge >= 0.3 is 0 Å². The Labute approximate surface area is 148 Å². The molecule has 3 aromatic rings. The number of rotatable bonds is 4. The lowest BCUT2D eigenvalue weighted by atomic mass is 10.2. The lowest BCUT2D eigenvalue weighted by Gasteiger charge is -2.09. The molecule has 126 valence electrons. The predicted molar refractivity (Wildman–Crippen MR) is 95.9 cm³/mol. The molecule has 2 aromatic carbocycles. The van der Waals surface area contributed by atoms with Crippen molar-refractivity contribution >= 4 is 34.8 Å². The maximum absolute atomic E-state index is 12.9. The molecule has 0 atom stereocenters. The summed E-state index contributed by atoms with van der Waals surface area (Å²) in [5.41, 5.74) is 2.39. The molecule has 0 saturated carbocycles. The monoisotopic (exact) mass is 356 g/mol. The first-order chi connectivity index (χ1) is 12.0.